The van der Waals surface area contributed by atoms with Crippen LogP contribution in [0.15, 0.2) is 28.2 Å². The van der Waals surface area contributed by atoms with Crippen LogP contribution >= 0.6 is 11.8 Å². The van der Waals surface area contributed by atoms with Gasteiger partial charge < -0.3 is 9.15 Å². The van der Waals surface area contributed by atoms with Gasteiger partial charge >= 0.3 is 0 Å². The highest BCUT2D eigenvalue weighted by molar-refractivity contribution is 7.99. The Labute approximate surface area is 108 Å². The van der Waals surface area contributed by atoms with Crippen molar-refractivity contribution >= 4 is 11.8 Å². The van der Waals surface area contributed by atoms with E-state index in [4.69, 9.17) is 9.15 Å². The van der Waals surface area contributed by atoms with Crippen LogP contribution in [0.2, 0.25) is 0 Å². The molecule has 0 saturated carbocycles. The number of ether oxygens (including phenoxy) is 1. The normalized spacial score (nSPS) is 19.2. The van der Waals surface area contributed by atoms with Gasteiger partial charge in [0.15, 0.2) is 0 Å². The molecule has 3 heterocycles. The van der Waals surface area contributed by atoms with E-state index in [0.29, 0.717) is 22.9 Å². The molecule has 0 radical (unpaired) electrons. The first-order valence-corrected chi connectivity index (χ1v) is 6.74. The zero-order valence-electron chi connectivity index (χ0n) is 9.65. The van der Waals surface area contributed by atoms with E-state index < -0.39 is 0 Å². The summed E-state index contributed by atoms with van der Waals surface area (Å²) in [5.41, 5.74) is 0.592. The van der Waals surface area contributed by atoms with Crippen LogP contribution in [0.1, 0.15) is 12.8 Å². The number of hydrogen-bond donors (Lipinski definition) is 0. The molecule has 1 aliphatic heterocycles. The predicted molar refractivity (Wildman–Crippen MR) is 65.0 cm³/mol. The quantitative estimate of drug-likeness (QED) is 0.779. The van der Waals surface area contributed by atoms with Crippen molar-refractivity contribution in [1.29, 1.82) is 0 Å². The smallest absolute Gasteiger partial charge is 0.277 e. The number of aromatic nitrogens is 4. The highest BCUT2D eigenvalue weighted by Gasteiger charge is 2.17. The lowest BCUT2D eigenvalue weighted by Crippen LogP contribution is -2.07. The largest absolute Gasteiger partial charge is 0.410 e. The summed E-state index contributed by atoms with van der Waals surface area (Å²) < 4.78 is 11.0. The minimum absolute atomic E-state index is 0.307. The monoisotopic (exact) mass is 264 g/mol. The molecule has 0 aromatic carbocycles. The Balaban J connectivity index is 1.63. The number of thioether (sulfide) groups is 1. The Morgan fingerprint density at radius 1 is 1.33 bits per heavy atom. The van der Waals surface area contributed by atoms with E-state index in [-0.39, 0.29) is 0 Å². The van der Waals surface area contributed by atoms with Gasteiger partial charge in [-0.2, -0.15) is 0 Å². The minimum atomic E-state index is 0.307. The molecule has 0 amide bonds. The molecule has 7 heteroatoms. The van der Waals surface area contributed by atoms with Gasteiger partial charge in [0.1, 0.15) is 5.69 Å². The van der Waals surface area contributed by atoms with Crippen molar-refractivity contribution in [3.63, 3.8) is 0 Å². The highest BCUT2D eigenvalue weighted by atomic mass is 32.2. The van der Waals surface area contributed by atoms with Crippen LogP contribution in [0, 0.1) is 0 Å². The standard InChI is InChI=1S/C11H12N4O2S/c1-2-8(16-5-1)7-18-11-15-14-10(17-11)9-6-12-3-4-13-9/h3-4,6,8H,1-2,5,7H2/t8-/m0/s1. The fourth-order valence-corrected chi connectivity index (χ4v) is 2.55. The Morgan fingerprint density at radius 2 is 2.33 bits per heavy atom. The lowest BCUT2D eigenvalue weighted by atomic mass is 10.3. The number of hydrogen-bond acceptors (Lipinski definition) is 7. The Bertz CT molecular complexity index is 499. The lowest BCUT2D eigenvalue weighted by molar-refractivity contribution is 0.128. The Morgan fingerprint density at radius 3 is 3.11 bits per heavy atom. The van der Waals surface area contributed by atoms with Crippen molar-refractivity contribution in [1.82, 2.24) is 20.2 Å². The van der Waals surface area contributed by atoms with Gasteiger partial charge in [0.25, 0.3) is 11.1 Å². The molecule has 0 unspecified atom stereocenters. The van der Waals surface area contributed by atoms with Crippen LogP contribution < -0.4 is 0 Å². The molecule has 1 aliphatic rings. The first-order chi connectivity index (χ1) is 8.92. The SMILES string of the molecule is c1cnc(-c2nnc(SC[C@@H]3CCCO3)o2)cn1. The molecular weight excluding hydrogens is 252 g/mol. The molecule has 0 N–H and O–H groups in total. The molecule has 0 aliphatic carbocycles. The summed E-state index contributed by atoms with van der Waals surface area (Å²) in [4.78, 5) is 8.07. The van der Waals surface area contributed by atoms with E-state index in [9.17, 15) is 0 Å². The second-order valence-electron chi connectivity index (χ2n) is 3.91. The topological polar surface area (TPSA) is 73.9 Å². The maximum atomic E-state index is 5.53. The van der Waals surface area contributed by atoms with E-state index in [1.165, 1.54) is 11.8 Å². The molecule has 1 saturated heterocycles. The average Bonchev–Trinajstić information content (AvgIpc) is 3.09. The van der Waals surface area contributed by atoms with Crippen molar-refractivity contribution in [2.24, 2.45) is 0 Å². The lowest BCUT2D eigenvalue weighted by Gasteiger charge is -2.05. The van der Waals surface area contributed by atoms with Crippen LogP contribution in [0.25, 0.3) is 11.6 Å². The van der Waals surface area contributed by atoms with E-state index in [2.05, 4.69) is 20.2 Å². The van der Waals surface area contributed by atoms with E-state index in [0.717, 1.165) is 25.2 Å². The number of rotatable bonds is 4. The Kier molecular flexibility index (Phi) is 3.51. The summed E-state index contributed by atoms with van der Waals surface area (Å²) in [5.74, 6) is 1.25. The van der Waals surface area contributed by atoms with Crippen molar-refractivity contribution in [2.45, 2.75) is 24.2 Å². The third-order valence-electron chi connectivity index (χ3n) is 2.61. The van der Waals surface area contributed by atoms with E-state index in [1.807, 2.05) is 0 Å². The molecule has 1 atom stereocenters. The predicted octanol–water partition coefficient (Wildman–Crippen LogP) is 1.80. The summed E-state index contributed by atoms with van der Waals surface area (Å²) in [5, 5.41) is 8.47. The average molecular weight is 264 g/mol. The van der Waals surface area contributed by atoms with Crippen LogP contribution in [0.3, 0.4) is 0 Å². The molecule has 6 nitrogen and oxygen atoms in total. The molecule has 3 rings (SSSR count). The molecule has 2 aromatic heterocycles. The first kappa shape index (κ1) is 11.6. The van der Waals surface area contributed by atoms with Crippen LogP contribution in [0.5, 0.6) is 0 Å². The van der Waals surface area contributed by atoms with Gasteiger partial charge in [0.05, 0.1) is 12.3 Å². The minimum Gasteiger partial charge on any atom is -0.410 e. The van der Waals surface area contributed by atoms with Gasteiger partial charge in [-0.15, -0.1) is 10.2 Å². The zero-order chi connectivity index (χ0) is 12.2. The molecule has 0 bridgehead atoms. The van der Waals surface area contributed by atoms with Crippen LogP contribution in [-0.2, 0) is 4.74 Å². The fraction of sp³-hybridized carbons (Fsp3) is 0.455. The molecule has 2 aromatic rings. The second kappa shape index (κ2) is 5.45. The van der Waals surface area contributed by atoms with Crippen molar-refractivity contribution in [2.75, 3.05) is 12.4 Å². The van der Waals surface area contributed by atoms with Crippen LogP contribution in [0.4, 0.5) is 0 Å². The third kappa shape index (κ3) is 2.68. The van der Waals surface area contributed by atoms with Crippen LogP contribution in [-0.4, -0.2) is 38.6 Å². The van der Waals surface area contributed by atoms with Gasteiger partial charge in [-0.3, -0.25) is 4.98 Å². The third-order valence-corrected chi connectivity index (χ3v) is 3.56. The molecule has 0 spiro atoms. The maximum Gasteiger partial charge on any atom is 0.277 e. The summed E-state index contributed by atoms with van der Waals surface area (Å²) >= 11 is 1.52. The molecule has 94 valence electrons. The second-order valence-corrected chi connectivity index (χ2v) is 4.88. The maximum absolute atomic E-state index is 5.53. The zero-order valence-corrected chi connectivity index (χ0v) is 10.5. The van der Waals surface area contributed by atoms with Gasteiger partial charge in [-0.05, 0) is 12.8 Å². The van der Waals surface area contributed by atoms with E-state index in [1.54, 1.807) is 18.6 Å². The van der Waals surface area contributed by atoms with Crippen molar-refractivity contribution in [3.05, 3.63) is 18.6 Å². The Hall–Kier alpha value is -1.47. The van der Waals surface area contributed by atoms with Crippen molar-refractivity contribution < 1.29 is 9.15 Å². The molecule has 1 fully saturated rings. The summed E-state index contributed by atoms with van der Waals surface area (Å²) in [7, 11) is 0. The fourth-order valence-electron chi connectivity index (χ4n) is 1.72. The molecular formula is C11H12N4O2S. The first-order valence-electron chi connectivity index (χ1n) is 5.76. The summed E-state index contributed by atoms with van der Waals surface area (Å²) in [6, 6.07) is 0. The van der Waals surface area contributed by atoms with Gasteiger partial charge in [-0.25, -0.2) is 4.98 Å². The van der Waals surface area contributed by atoms with Gasteiger partial charge in [0.2, 0.25) is 0 Å². The van der Waals surface area contributed by atoms with Crippen molar-refractivity contribution in [3.8, 4) is 11.6 Å². The summed E-state index contributed by atoms with van der Waals surface area (Å²) in [6.45, 7) is 0.861. The van der Waals surface area contributed by atoms with Gasteiger partial charge in [-0.1, -0.05) is 11.8 Å². The van der Waals surface area contributed by atoms with Gasteiger partial charge in [0, 0.05) is 24.8 Å². The van der Waals surface area contributed by atoms with E-state index >= 15 is 0 Å². The number of nitrogens with zero attached hydrogens (tertiary/aromatic N) is 4. The summed E-state index contributed by atoms with van der Waals surface area (Å²) in [6.07, 6.45) is 7.35. The molecule has 18 heavy (non-hydrogen) atoms. The highest BCUT2D eigenvalue weighted by Crippen LogP contribution is 2.24.